The smallest absolute Gasteiger partial charge is 0.234 e. The molecule has 0 aliphatic heterocycles. The summed E-state index contributed by atoms with van der Waals surface area (Å²) in [5, 5.41) is 6.46. The van der Waals surface area contributed by atoms with Crippen LogP contribution in [0.5, 0.6) is 0 Å². The van der Waals surface area contributed by atoms with Crippen LogP contribution >= 0.6 is 0 Å². The van der Waals surface area contributed by atoms with Crippen molar-refractivity contribution in [2.75, 3.05) is 6.54 Å². The van der Waals surface area contributed by atoms with Crippen LogP contribution in [-0.2, 0) is 4.79 Å². The maximum Gasteiger partial charge on any atom is 0.234 e. The highest BCUT2D eigenvalue weighted by Crippen LogP contribution is 2.27. The fraction of sp³-hybridized carbons (Fsp3) is 0.938. The van der Waals surface area contributed by atoms with E-state index in [0.29, 0.717) is 18.5 Å². The Hall–Kier alpha value is -0.570. The summed E-state index contributed by atoms with van der Waals surface area (Å²) in [7, 11) is 0. The highest BCUT2D eigenvalue weighted by molar-refractivity contribution is 5.78. The van der Waals surface area contributed by atoms with Gasteiger partial charge in [0, 0.05) is 12.1 Å². The molecule has 0 aromatic rings. The van der Waals surface area contributed by atoms with Gasteiger partial charge in [0.1, 0.15) is 0 Å². The fourth-order valence-electron chi connectivity index (χ4n) is 2.77. The van der Waals surface area contributed by atoms with Crippen molar-refractivity contribution in [1.29, 1.82) is 0 Å². The number of carbonyl (C=O) groups excluding carboxylic acids is 1. The Morgan fingerprint density at radius 2 is 1.79 bits per heavy atom. The lowest BCUT2D eigenvalue weighted by Crippen LogP contribution is -2.44. The molecule has 112 valence electrons. The maximum absolute atomic E-state index is 11.8. The Bertz CT molecular complexity index is 257. The predicted octanol–water partition coefficient (Wildman–Crippen LogP) is 3.10. The third-order valence-electron chi connectivity index (χ3n) is 4.48. The van der Waals surface area contributed by atoms with Gasteiger partial charge < -0.3 is 10.6 Å². The largest absolute Gasteiger partial charge is 0.352 e. The van der Waals surface area contributed by atoms with Gasteiger partial charge in [0.05, 0.1) is 6.54 Å². The van der Waals surface area contributed by atoms with E-state index < -0.39 is 0 Å². The molecule has 1 aliphatic rings. The normalized spacial score (nSPS) is 25.3. The van der Waals surface area contributed by atoms with Crippen LogP contribution < -0.4 is 10.6 Å². The van der Waals surface area contributed by atoms with Crippen molar-refractivity contribution in [1.82, 2.24) is 10.6 Å². The van der Waals surface area contributed by atoms with E-state index in [2.05, 4.69) is 38.3 Å². The Kier molecular flexibility index (Phi) is 7.44. The Balaban J connectivity index is 2.15. The van der Waals surface area contributed by atoms with Gasteiger partial charge in [-0.2, -0.15) is 0 Å². The second-order valence-corrected chi connectivity index (χ2v) is 6.49. The number of nitrogens with one attached hydrogen (secondary N) is 2. The van der Waals surface area contributed by atoms with E-state index in [9.17, 15) is 4.79 Å². The van der Waals surface area contributed by atoms with Gasteiger partial charge in [0.15, 0.2) is 0 Å². The van der Waals surface area contributed by atoms with Gasteiger partial charge in [-0.3, -0.25) is 4.79 Å². The minimum absolute atomic E-state index is 0.136. The molecule has 1 aliphatic carbocycles. The molecule has 1 fully saturated rings. The molecule has 2 N–H and O–H groups in total. The van der Waals surface area contributed by atoms with E-state index in [1.54, 1.807) is 0 Å². The lowest BCUT2D eigenvalue weighted by Gasteiger charge is -2.29. The van der Waals surface area contributed by atoms with Crippen molar-refractivity contribution in [3.05, 3.63) is 0 Å². The minimum atomic E-state index is 0.136. The molecule has 0 spiro atoms. The zero-order valence-electron chi connectivity index (χ0n) is 13.2. The zero-order valence-corrected chi connectivity index (χ0v) is 13.2. The standard InChI is InChI=1S/C16H32N2O/c1-5-6-14-7-9-15(10-8-14)17-11-16(19)18-13(4)12(2)3/h12-15,17H,5-11H2,1-4H3,(H,18,19). The quantitative estimate of drug-likeness (QED) is 0.745. The van der Waals surface area contributed by atoms with Gasteiger partial charge in [-0.05, 0) is 44.4 Å². The van der Waals surface area contributed by atoms with E-state index in [0.717, 1.165) is 5.92 Å². The van der Waals surface area contributed by atoms with Crippen LogP contribution in [-0.4, -0.2) is 24.5 Å². The molecule has 0 heterocycles. The first-order valence-corrected chi connectivity index (χ1v) is 8.05. The van der Waals surface area contributed by atoms with Gasteiger partial charge in [-0.25, -0.2) is 0 Å². The van der Waals surface area contributed by atoms with Crippen molar-refractivity contribution in [3.8, 4) is 0 Å². The Morgan fingerprint density at radius 3 is 2.32 bits per heavy atom. The summed E-state index contributed by atoms with van der Waals surface area (Å²) >= 11 is 0. The Morgan fingerprint density at radius 1 is 1.16 bits per heavy atom. The van der Waals surface area contributed by atoms with Crippen LogP contribution in [0.2, 0.25) is 0 Å². The minimum Gasteiger partial charge on any atom is -0.352 e. The summed E-state index contributed by atoms with van der Waals surface area (Å²) in [4.78, 5) is 11.8. The van der Waals surface area contributed by atoms with E-state index in [-0.39, 0.29) is 11.9 Å². The van der Waals surface area contributed by atoms with Gasteiger partial charge >= 0.3 is 0 Å². The van der Waals surface area contributed by atoms with Crippen molar-refractivity contribution < 1.29 is 4.79 Å². The summed E-state index contributed by atoms with van der Waals surface area (Å²) in [6.45, 7) is 9.07. The first-order valence-electron chi connectivity index (χ1n) is 8.05. The number of carbonyl (C=O) groups is 1. The molecule has 1 unspecified atom stereocenters. The average Bonchev–Trinajstić information content (AvgIpc) is 2.38. The monoisotopic (exact) mass is 268 g/mol. The molecule has 1 amide bonds. The summed E-state index contributed by atoms with van der Waals surface area (Å²) < 4.78 is 0. The summed E-state index contributed by atoms with van der Waals surface area (Å²) in [5.41, 5.74) is 0. The first-order chi connectivity index (χ1) is 9.02. The van der Waals surface area contributed by atoms with Crippen molar-refractivity contribution in [2.45, 2.75) is 78.3 Å². The first kappa shape index (κ1) is 16.5. The average molecular weight is 268 g/mol. The molecule has 0 aromatic heterocycles. The van der Waals surface area contributed by atoms with Crippen LogP contribution in [0.4, 0.5) is 0 Å². The van der Waals surface area contributed by atoms with Crippen LogP contribution in [0, 0.1) is 11.8 Å². The van der Waals surface area contributed by atoms with Crippen LogP contribution in [0.3, 0.4) is 0 Å². The molecule has 19 heavy (non-hydrogen) atoms. The Labute approximate surface area is 118 Å². The van der Waals surface area contributed by atoms with Crippen molar-refractivity contribution in [2.24, 2.45) is 11.8 Å². The van der Waals surface area contributed by atoms with Crippen LogP contribution in [0.25, 0.3) is 0 Å². The molecule has 1 saturated carbocycles. The molecular formula is C16H32N2O. The van der Waals surface area contributed by atoms with E-state index >= 15 is 0 Å². The second-order valence-electron chi connectivity index (χ2n) is 6.49. The van der Waals surface area contributed by atoms with E-state index in [4.69, 9.17) is 0 Å². The fourth-order valence-corrected chi connectivity index (χ4v) is 2.77. The third-order valence-corrected chi connectivity index (χ3v) is 4.48. The highest BCUT2D eigenvalue weighted by Gasteiger charge is 2.21. The second kappa shape index (κ2) is 8.57. The summed E-state index contributed by atoms with van der Waals surface area (Å²) in [5.74, 6) is 1.56. The summed E-state index contributed by atoms with van der Waals surface area (Å²) in [6.07, 6.45) is 7.80. The van der Waals surface area contributed by atoms with Crippen molar-refractivity contribution in [3.63, 3.8) is 0 Å². The van der Waals surface area contributed by atoms with Gasteiger partial charge in [0.2, 0.25) is 5.91 Å². The van der Waals surface area contributed by atoms with Gasteiger partial charge in [-0.15, -0.1) is 0 Å². The topological polar surface area (TPSA) is 41.1 Å². The molecule has 1 rings (SSSR count). The van der Waals surface area contributed by atoms with Crippen molar-refractivity contribution >= 4 is 5.91 Å². The van der Waals surface area contributed by atoms with Crippen LogP contribution in [0.15, 0.2) is 0 Å². The molecular weight excluding hydrogens is 236 g/mol. The lowest BCUT2D eigenvalue weighted by molar-refractivity contribution is -0.121. The molecule has 3 heteroatoms. The van der Waals surface area contributed by atoms with Gasteiger partial charge in [-0.1, -0.05) is 33.6 Å². The predicted molar refractivity (Wildman–Crippen MR) is 81.1 cm³/mol. The van der Waals surface area contributed by atoms with Gasteiger partial charge in [0.25, 0.3) is 0 Å². The molecule has 0 saturated heterocycles. The third kappa shape index (κ3) is 6.42. The maximum atomic E-state index is 11.8. The molecule has 0 radical (unpaired) electrons. The molecule has 3 nitrogen and oxygen atoms in total. The molecule has 0 aromatic carbocycles. The molecule has 1 atom stereocenters. The number of rotatable bonds is 7. The SMILES string of the molecule is CCCC1CCC(NCC(=O)NC(C)C(C)C)CC1. The number of hydrogen-bond donors (Lipinski definition) is 2. The van der Waals surface area contributed by atoms with E-state index in [1.165, 1.54) is 38.5 Å². The number of amides is 1. The zero-order chi connectivity index (χ0) is 14.3. The highest BCUT2D eigenvalue weighted by atomic mass is 16.1. The number of hydrogen-bond acceptors (Lipinski definition) is 2. The van der Waals surface area contributed by atoms with E-state index in [1.807, 2.05) is 0 Å². The summed E-state index contributed by atoms with van der Waals surface area (Å²) in [6, 6.07) is 0.808. The lowest BCUT2D eigenvalue weighted by atomic mass is 9.83. The van der Waals surface area contributed by atoms with Crippen LogP contribution in [0.1, 0.15) is 66.2 Å². The molecule has 0 bridgehead atoms.